The van der Waals surface area contributed by atoms with Crippen molar-refractivity contribution in [1.82, 2.24) is 10.2 Å². The molecule has 0 radical (unpaired) electrons. The van der Waals surface area contributed by atoms with Crippen molar-refractivity contribution in [2.75, 3.05) is 0 Å². The first-order valence-corrected chi connectivity index (χ1v) is 6.83. The standard InChI is InChI=1S/C17H10FN3O3/c18-13-6-10(8-19)4-5-14(13)24-15-9-20-21-16(15)11-2-1-3-12(7-11)17(22)23/h1-7,9H,(H,20,21)(H,22,23). The zero-order valence-electron chi connectivity index (χ0n) is 12.2. The predicted molar refractivity (Wildman–Crippen MR) is 82.2 cm³/mol. The van der Waals surface area contributed by atoms with Crippen LogP contribution in [-0.2, 0) is 0 Å². The van der Waals surface area contributed by atoms with E-state index in [1.807, 2.05) is 6.07 Å². The lowest BCUT2D eigenvalue weighted by atomic mass is 10.1. The highest BCUT2D eigenvalue weighted by molar-refractivity contribution is 5.89. The Kier molecular flexibility index (Phi) is 3.95. The number of nitrogens with one attached hydrogen (secondary N) is 1. The Morgan fingerprint density at radius 2 is 2.08 bits per heavy atom. The number of carboxylic acid groups (broad SMARTS) is 1. The van der Waals surface area contributed by atoms with E-state index < -0.39 is 11.8 Å². The molecule has 3 aromatic rings. The first-order chi connectivity index (χ1) is 11.6. The molecule has 0 aliphatic rings. The largest absolute Gasteiger partial charge is 0.478 e. The van der Waals surface area contributed by atoms with Crippen molar-refractivity contribution in [3.63, 3.8) is 0 Å². The molecule has 0 spiro atoms. The number of aromatic amines is 1. The molecule has 0 unspecified atom stereocenters. The quantitative estimate of drug-likeness (QED) is 0.764. The van der Waals surface area contributed by atoms with Crippen LogP contribution in [0.5, 0.6) is 11.5 Å². The monoisotopic (exact) mass is 323 g/mol. The van der Waals surface area contributed by atoms with Crippen molar-refractivity contribution in [3.05, 3.63) is 65.6 Å². The van der Waals surface area contributed by atoms with E-state index in [1.165, 1.54) is 30.5 Å². The van der Waals surface area contributed by atoms with Crippen molar-refractivity contribution in [3.8, 4) is 28.8 Å². The molecule has 0 saturated carbocycles. The Morgan fingerprint density at radius 1 is 1.25 bits per heavy atom. The van der Waals surface area contributed by atoms with Crippen molar-refractivity contribution in [2.24, 2.45) is 0 Å². The minimum absolute atomic E-state index is 0.0639. The summed E-state index contributed by atoms with van der Waals surface area (Å²) in [5.74, 6) is -1.57. The molecule has 0 aliphatic heterocycles. The van der Waals surface area contributed by atoms with Crippen LogP contribution in [0.15, 0.2) is 48.7 Å². The number of nitriles is 1. The number of benzene rings is 2. The van der Waals surface area contributed by atoms with Crippen LogP contribution in [0.3, 0.4) is 0 Å². The van der Waals surface area contributed by atoms with Crippen molar-refractivity contribution < 1.29 is 19.0 Å². The molecule has 118 valence electrons. The molecule has 0 amide bonds. The molecule has 24 heavy (non-hydrogen) atoms. The van der Waals surface area contributed by atoms with Crippen LogP contribution in [0, 0.1) is 17.1 Å². The number of carboxylic acids is 1. The fraction of sp³-hybridized carbons (Fsp3) is 0. The maximum atomic E-state index is 13.9. The fourth-order valence-corrected chi connectivity index (χ4v) is 2.14. The Bertz CT molecular complexity index is 960. The van der Waals surface area contributed by atoms with E-state index in [9.17, 15) is 9.18 Å². The SMILES string of the molecule is N#Cc1ccc(Oc2cn[nH]c2-c2cccc(C(=O)O)c2)c(F)c1. The van der Waals surface area contributed by atoms with Crippen LogP contribution in [0.25, 0.3) is 11.3 Å². The molecule has 2 aromatic carbocycles. The molecule has 0 aliphatic carbocycles. The second-order valence-corrected chi connectivity index (χ2v) is 4.85. The molecule has 2 N–H and O–H groups in total. The highest BCUT2D eigenvalue weighted by atomic mass is 19.1. The number of nitrogens with zero attached hydrogens (tertiary/aromatic N) is 2. The average Bonchev–Trinajstić information content (AvgIpc) is 3.05. The van der Waals surface area contributed by atoms with Gasteiger partial charge in [0.25, 0.3) is 0 Å². The van der Waals surface area contributed by atoms with Crippen molar-refractivity contribution in [1.29, 1.82) is 5.26 Å². The van der Waals surface area contributed by atoms with E-state index in [1.54, 1.807) is 12.1 Å². The van der Waals surface area contributed by atoms with E-state index in [4.69, 9.17) is 15.1 Å². The number of aromatic carboxylic acids is 1. The van der Waals surface area contributed by atoms with Crippen LogP contribution in [0.1, 0.15) is 15.9 Å². The number of hydrogen-bond acceptors (Lipinski definition) is 4. The van der Waals surface area contributed by atoms with Gasteiger partial charge >= 0.3 is 5.97 Å². The normalized spacial score (nSPS) is 10.2. The first-order valence-electron chi connectivity index (χ1n) is 6.83. The van der Waals surface area contributed by atoms with Gasteiger partial charge in [-0.05, 0) is 30.3 Å². The van der Waals surface area contributed by atoms with Gasteiger partial charge in [0.1, 0.15) is 5.69 Å². The minimum atomic E-state index is -1.06. The Balaban J connectivity index is 1.96. The molecule has 0 bridgehead atoms. The van der Waals surface area contributed by atoms with Gasteiger partial charge in [0, 0.05) is 5.56 Å². The van der Waals surface area contributed by atoms with E-state index in [0.29, 0.717) is 11.3 Å². The van der Waals surface area contributed by atoms with Crippen LogP contribution in [0.4, 0.5) is 4.39 Å². The lowest BCUT2D eigenvalue weighted by Gasteiger charge is -2.08. The maximum absolute atomic E-state index is 13.9. The molecule has 0 saturated heterocycles. The lowest BCUT2D eigenvalue weighted by Crippen LogP contribution is -1.96. The highest BCUT2D eigenvalue weighted by Crippen LogP contribution is 2.33. The van der Waals surface area contributed by atoms with E-state index in [-0.39, 0.29) is 22.6 Å². The zero-order chi connectivity index (χ0) is 17.1. The summed E-state index contributed by atoms with van der Waals surface area (Å²) in [6.07, 6.45) is 1.36. The third-order valence-corrected chi connectivity index (χ3v) is 3.28. The molecule has 7 heteroatoms. The van der Waals surface area contributed by atoms with Gasteiger partial charge in [0.15, 0.2) is 17.3 Å². The van der Waals surface area contributed by atoms with E-state index >= 15 is 0 Å². The van der Waals surface area contributed by atoms with Gasteiger partial charge in [-0.15, -0.1) is 0 Å². The number of halogens is 1. The van der Waals surface area contributed by atoms with Gasteiger partial charge in [-0.3, -0.25) is 5.10 Å². The molecule has 1 aromatic heterocycles. The summed E-state index contributed by atoms with van der Waals surface area (Å²) >= 11 is 0. The van der Waals surface area contributed by atoms with Crippen LogP contribution >= 0.6 is 0 Å². The summed E-state index contributed by atoms with van der Waals surface area (Å²) in [4.78, 5) is 11.1. The van der Waals surface area contributed by atoms with Gasteiger partial charge < -0.3 is 9.84 Å². The second kappa shape index (κ2) is 6.22. The van der Waals surface area contributed by atoms with Gasteiger partial charge in [-0.1, -0.05) is 12.1 Å². The molecule has 0 atom stereocenters. The number of carbonyl (C=O) groups is 1. The number of aromatic nitrogens is 2. The zero-order valence-corrected chi connectivity index (χ0v) is 12.2. The molecule has 6 nitrogen and oxygen atoms in total. The smallest absolute Gasteiger partial charge is 0.335 e. The van der Waals surface area contributed by atoms with Gasteiger partial charge in [-0.2, -0.15) is 10.4 Å². The van der Waals surface area contributed by atoms with Gasteiger partial charge in [-0.25, -0.2) is 9.18 Å². The Morgan fingerprint density at radius 3 is 2.79 bits per heavy atom. The summed E-state index contributed by atoms with van der Waals surface area (Å²) in [5.41, 5.74) is 1.25. The minimum Gasteiger partial charge on any atom is -0.478 e. The summed E-state index contributed by atoms with van der Waals surface area (Å²) in [6.45, 7) is 0. The number of ether oxygens (including phenoxy) is 1. The molecule has 1 heterocycles. The summed E-state index contributed by atoms with van der Waals surface area (Å²) in [6, 6.07) is 11.9. The maximum Gasteiger partial charge on any atom is 0.335 e. The van der Waals surface area contributed by atoms with Crippen LogP contribution in [0.2, 0.25) is 0 Å². The summed E-state index contributed by atoms with van der Waals surface area (Å²) < 4.78 is 19.5. The molecule has 0 fully saturated rings. The first kappa shape index (κ1) is 15.2. The molecule has 3 rings (SSSR count). The van der Waals surface area contributed by atoms with Crippen molar-refractivity contribution in [2.45, 2.75) is 0 Å². The van der Waals surface area contributed by atoms with Crippen molar-refractivity contribution >= 4 is 5.97 Å². The average molecular weight is 323 g/mol. The molecular weight excluding hydrogens is 313 g/mol. The summed E-state index contributed by atoms with van der Waals surface area (Å²) in [7, 11) is 0. The molecular formula is C17H10FN3O3. The Hall–Kier alpha value is -3.66. The van der Waals surface area contributed by atoms with Gasteiger partial charge in [0.05, 0.1) is 23.4 Å². The highest BCUT2D eigenvalue weighted by Gasteiger charge is 2.14. The van der Waals surface area contributed by atoms with Crippen LogP contribution < -0.4 is 4.74 Å². The fourth-order valence-electron chi connectivity index (χ4n) is 2.14. The predicted octanol–water partition coefficient (Wildman–Crippen LogP) is 3.58. The van der Waals surface area contributed by atoms with E-state index in [2.05, 4.69) is 10.2 Å². The summed E-state index contributed by atoms with van der Waals surface area (Å²) in [5, 5.41) is 24.4. The number of hydrogen-bond donors (Lipinski definition) is 2. The van der Waals surface area contributed by atoms with E-state index in [0.717, 1.165) is 6.07 Å². The number of H-pyrrole nitrogens is 1. The number of rotatable bonds is 4. The Labute approximate surface area is 135 Å². The van der Waals surface area contributed by atoms with Crippen LogP contribution in [-0.4, -0.2) is 21.3 Å². The third kappa shape index (κ3) is 2.94. The van der Waals surface area contributed by atoms with Gasteiger partial charge in [0.2, 0.25) is 0 Å². The second-order valence-electron chi connectivity index (χ2n) is 4.85. The third-order valence-electron chi connectivity index (χ3n) is 3.28. The lowest BCUT2D eigenvalue weighted by molar-refractivity contribution is 0.0697. The topological polar surface area (TPSA) is 99.0 Å².